The van der Waals surface area contributed by atoms with Crippen LogP contribution in [0, 0.1) is 11.3 Å². The van der Waals surface area contributed by atoms with E-state index >= 15 is 0 Å². The van der Waals surface area contributed by atoms with Crippen molar-refractivity contribution in [3.63, 3.8) is 0 Å². The van der Waals surface area contributed by atoms with Gasteiger partial charge < -0.3 is 4.74 Å². The minimum atomic E-state index is -0.516. The highest BCUT2D eigenvalue weighted by molar-refractivity contribution is 5.32. The molecule has 0 spiro atoms. The SMILES string of the molecule is CCCNC(C)(C#N)CCOc1cccc(C(C)(C)C)c1. The number of nitriles is 1. The summed E-state index contributed by atoms with van der Waals surface area (Å²) in [7, 11) is 0. The predicted molar refractivity (Wildman–Crippen MR) is 87.6 cm³/mol. The number of ether oxygens (including phenoxy) is 1. The molecule has 1 atom stereocenters. The van der Waals surface area contributed by atoms with E-state index in [9.17, 15) is 5.26 Å². The Morgan fingerprint density at radius 1 is 1.24 bits per heavy atom. The Kier molecular flexibility index (Phi) is 6.23. The Morgan fingerprint density at radius 3 is 2.52 bits per heavy atom. The second-order valence-corrected chi connectivity index (χ2v) is 6.75. The molecule has 1 unspecified atom stereocenters. The van der Waals surface area contributed by atoms with Crippen LogP contribution >= 0.6 is 0 Å². The van der Waals surface area contributed by atoms with E-state index in [1.54, 1.807) is 0 Å². The van der Waals surface area contributed by atoms with Crippen molar-refractivity contribution in [1.29, 1.82) is 5.26 Å². The maximum absolute atomic E-state index is 9.29. The topological polar surface area (TPSA) is 45.0 Å². The number of rotatable bonds is 7. The Bertz CT molecular complexity index is 485. The zero-order chi connectivity index (χ0) is 15.9. The lowest BCUT2D eigenvalue weighted by Gasteiger charge is -2.23. The van der Waals surface area contributed by atoms with Crippen LogP contribution < -0.4 is 10.1 Å². The van der Waals surface area contributed by atoms with Crippen LogP contribution in [0.5, 0.6) is 5.75 Å². The highest BCUT2D eigenvalue weighted by Crippen LogP contribution is 2.25. The van der Waals surface area contributed by atoms with Crippen LogP contribution in [0.15, 0.2) is 24.3 Å². The molecule has 1 aromatic rings. The van der Waals surface area contributed by atoms with Gasteiger partial charge in [-0.1, -0.05) is 39.8 Å². The van der Waals surface area contributed by atoms with Crippen LogP contribution in [-0.2, 0) is 5.41 Å². The standard InChI is InChI=1S/C18H28N2O/c1-6-11-20-18(5,14-19)10-12-21-16-9-7-8-15(13-16)17(2,3)4/h7-9,13,20H,6,10-12H2,1-5H3. The Hall–Kier alpha value is -1.53. The molecule has 0 aliphatic heterocycles. The molecule has 0 saturated heterocycles. The number of hydrogen-bond acceptors (Lipinski definition) is 3. The molecule has 116 valence electrons. The van der Waals surface area contributed by atoms with Crippen molar-refractivity contribution in [2.75, 3.05) is 13.2 Å². The van der Waals surface area contributed by atoms with E-state index in [0.29, 0.717) is 13.0 Å². The maximum atomic E-state index is 9.29. The highest BCUT2D eigenvalue weighted by atomic mass is 16.5. The zero-order valence-corrected chi connectivity index (χ0v) is 14.0. The minimum Gasteiger partial charge on any atom is -0.493 e. The molecule has 1 aromatic carbocycles. The molecule has 21 heavy (non-hydrogen) atoms. The third kappa shape index (κ3) is 5.77. The highest BCUT2D eigenvalue weighted by Gasteiger charge is 2.22. The Balaban J connectivity index is 2.58. The lowest BCUT2D eigenvalue weighted by atomic mass is 9.87. The van der Waals surface area contributed by atoms with E-state index < -0.39 is 5.54 Å². The van der Waals surface area contributed by atoms with Crippen LogP contribution in [0.3, 0.4) is 0 Å². The molecule has 0 fully saturated rings. The fraction of sp³-hybridized carbons (Fsp3) is 0.611. The van der Waals surface area contributed by atoms with Gasteiger partial charge in [0.05, 0.1) is 12.7 Å². The van der Waals surface area contributed by atoms with Gasteiger partial charge >= 0.3 is 0 Å². The summed E-state index contributed by atoms with van der Waals surface area (Å²) in [6, 6.07) is 10.5. The largest absolute Gasteiger partial charge is 0.493 e. The smallest absolute Gasteiger partial charge is 0.119 e. The fourth-order valence-electron chi connectivity index (χ4n) is 2.01. The molecule has 0 amide bonds. The fourth-order valence-corrected chi connectivity index (χ4v) is 2.01. The summed E-state index contributed by atoms with van der Waals surface area (Å²) in [6.45, 7) is 12.0. The van der Waals surface area contributed by atoms with E-state index in [4.69, 9.17) is 4.74 Å². The van der Waals surface area contributed by atoms with Crippen LogP contribution in [0.4, 0.5) is 0 Å². The maximum Gasteiger partial charge on any atom is 0.119 e. The van der Waals surface area contributed by atoms with Crippen LogP contribution in [0.1, 0.15) is 53.0 Å². The molecule has 3 heteroatoms. The molecule has 1 N–H and O–H groups in total. The zero-order valence-electron chi connectivity index (χ0n) is 14.0. The van der Waals surface area contributed by atoms with Crippen molar-refractivity contribution in [2.24, 2.45) is 0 Å². The molecule has 0 bridgehead atoms. The van der Waals surface area contributed by atoms with Gasteiger partial charge in [0.1, 0.15) is 11.3 Å². The molecule has 1 rings (SSSR count). The Labute approximate surface area is 129 Å². The second kappa shape index (κ2) is 7.47. The minimum absolute atomic E-state index is 0.114. The van der Waals surface area contributed by atoms with Crippen molar-refractivity contribution >= 4 is 0 Å². The van der Waals surface area contributed by atoms with Gasteiger partial charge in [0, 0.05) is 6.42 Å². The molecule has 0 aliphatic carbocycles. The monoisotopic (exact) mass is 288 g/mol. The summed E-state index contributed by atoms with van der Waals surface area (Å²) in [6.07, 6.45) is 1.69. The first-order chi connectivity index (χ1) is 9.80. The van der Waals surface area contributed by atoms with E-state index in [0.717, 1.165) is 18.7 Å². The van der Waals surface area contributed by atoms with Gasteiger partial charge in [0.15, 0.2) is 0 Å². The van der Waals surface area contributed by atoms with Gasteiger partial charge in [-0.25, -0.2) is 0 Å². The molecular weight excluding hydrogens is 260 g/mol. The van der Waals surface area contributed by atoms with Crippen molar-refractivity contribution in [1.82, 2.24) is 5.32 Å². The quantitative estimate of drug-likeness (QED) is 0.823. The summed E-state index contributed by atoms with van der Waals surface area (Å²) in [5, 5.41) is 12.6. The molecule has 0 saturated carbocycles. The molecule has 0 heterocycles. The van der Waals surface area contributed by atoms with Crippen LogP contribution in [-0.4, -0.2) is 18.7 Å². The van der Waals surface area contributed by atoms with Crippen LogP contribution in [0.2, 0.25) is 0 Å². The molecule has 3 nitrogen and oxygen atoms in total. The van der Waals surface area contributed by atoms with Gasteiger partial charge in [-0.2, -0.15) is 5.26 Å². The molecule has 0 radical (unpaired) electrons. The second-order valence-electron chi connectivity index (χ2n) is 6.75. The van der Waals surface area contributed by atoms with Gasteiger partial charge in [-0.05, 0) is 43.0 Å². The third-order valence-corrected chi connectivity index (χ3v) is 3.58. The first-order valence-electron chi connectivity index (χ1n) is 7.70. The van der Waals surface area contributed by atoms with Gasteiger partial charge in [-0.3, -0.25) is 5.32 Å². The van der Waals surface area contributed by atoms with E-state index in [1.165, 1.54) is 5.56 Å². The predicted octanol–water partition coefficient (Wildman–Crippen LogP) is 4.03. The summed E-state index contributed by atoms with van der Waals surface area (Å²) in [5.74, 6) is 0.873. The number of benzene rings is 1. The summed E-state index contributed by atoms with van der Waals surface area (Å²) in [4.78, 5) is 0. The lowest BCUT2D eigenvalue weighted by molar-refractivity contribution is 0.267. The molecular formula is C18H28N2O. The Morgan fingerprint density at radius 2 is 1.95 bits per heavy atom. The van der Waals surface area contributed by atoms with Gasteiger partial charge in [-0.15, -0.1) is 0 Å². The van der Waals surface area contributed by atoms with Crippen molar-refractivity contribution in [3.8, 4) is 11.8 Å². The average molecular weight is 288 g/mol. The number of hydrogen-bond donors (Lipinski definition) is 1. The van der Waals surface area contributed by atoms with Crippen molar-refractivity contribution in [2.45, 2.75) is 58.4 Å². The first kappa shape index (κ1) is 17.5. The molecule has 0 aromatic heterocycles. The average Bonchev–Trinajstić information content (AvgIpc) is 2.44. The van der Waals surface area contributed by atoms with Crippen molar-refractivity contribution in [3.05, 3.63) is 29.8 Å². The lowest BCUT2D eigenvalue weighted by Crippen LogP contribution is -2.42. The van der Waals surface area contributed by atoms with Gasteiger partial charge in [0.2, 0.25) is 0 Å². The first-order valence-corrected chi connectivity index (χ1v) is 7.70. The molecule has 0 aliphatic rings. The van der Waals surface area contributed by atoms with Crippen molar-refractivity contribution < 1.29 is 4.74 Å². The van der Waals surface area contributed by atoms with Crippen LogP contribution in [0.25, 0.3) is 0 Å². The summed E-state index contributed by atoms with van der Waals surface area (Å²) >= 11 is 0. The number of nitrogens with zero attached hydrogens (tertiary/aromatic N) is 1. The summed E-state index contributed by atoms with van der Waals surface area (Å²) in [5.41, 5.74) is 0.855. The van der Waals surface area contributed by atoms with E-state index in [-0.39, 0.29) is 5.41 Å². The van der Waals surface area contributed by atoms with E-state index in [2.05, 4.69) is 51.2 Å². The van der Waals surface area contributed by atoms with E-state index in [1.807, 2.05) is 19.1 Å². The third-order valence-electron chi connectivity index (χ3n) is 3.58. The normalized spacial score (nSPS) is 14.3. The summed E-state index contributed by atoms with van der Waals surface area (Å²) < 4.78 is 5.83. The number of nitrogens with one attached hydrogen (secondary N) is 1. The van der Waals surface area contributed by atoms with Gasteiger partial charge in [0.25, 0.3) is 0 Å².